The third-order valence-corrected chi connectivity index (χ3v) is 45.4. The SMILES string of the molecule is C1#Cc2ccc(cc2)CS[As]2SCc3ccc(cc3)C#Cc3ccc(cc3)CS[As](SCc3ccc1cc3)SCc1ccc(cc1)C#Cc1ccc(cc1)CS2. The topological polar surface area (TPSA) is 0 Å². The summed E-state index contributed by atoms with van der Waals surface area (Å²) >= 11 is -2.76. The van der Waals surface area contributed by atoms with Crippen LogP contribution >= 0.6 is 60.1 Å². The summed E-state index contributed by atoms with van der Waals surface area (Å²) in [5.41, 5.74) is 14.5. The molecule has 0 amide bonds. The minimum absolute atomic E-state index is 1.01. The Balaban J connectivity index is 1.12. The van der Waals surface area contributed by atoms with Gasteiger partial charge in [-0.25, -0.2) is 0 Å². The standard InChI is InChI=1S/C48H36As2S6/c1-2-38-9-21-44(22-10-38)32-52-50-55-35-47-27-15-41(16-28-47)5-3-39-11-23-45(24-12-39)33-53-49(51-31-43-19-7-37(1)8-20-43)54-34-46-25-13-40(14-26-46)4-6-42-17-29-48(30-18-42)36-56-50/h7-30H,31-36H2. The molecule has 21 aliphatic rings. The van der Waals surface area contributed by atoms with Crippen molar-refractivity contribution in [2.24, 2.45) is 0 Å². The van der Waals surface area contributed by atoms with Gasteiger partial charge in [-0.05, 0) is 0 Å². The normalized spacial score (nSPS) is 17.1. The van der Waals surface area contributed by atoms with Gasteiger partial charge in [0.1, 0.15) is 0 Å². The molecule has 27 rings (SSSR count). The Morgan fingerprint density at radius 3 is 0.518 bits per heavy atom. The third kappa shape index (κ3) is 12.4. The van der Waals surface area contributed by atoms with Crippen molar-refractivity contribution < 1.29 is 0 Å². The molecule has 0 saturated heterocycles. The van der Waals surface area contributed by atoms with Gasteiger partial charge < -0.3 is 0 Å². The van der Waals surface area contributed by atoms with Crippen molar-refractivity contribution in [3.8, 4) is 35.5 Å². The van der Waals surface area contributed by atoms with Crippen molar-refractivity contribution >= 4 is 82.5 Å². The zero-order valence-corrected chi connectivity index (χ0v) is 39.1. The van der Waals surface area contributed by atoms with Gasteiger partial charge >= 0.3 is 365 Å². The van der Waals surface area contributed by atoms with Crippen LogP contribution in [0, 0.1) is 35.5 Å². The molecular weight excluding hydrogens is 919 g/mol. The van der Waals surface area contributed by atoms with Crippen LogP contribution in [-0.2, 0) is 34.5 Å². The van der Waals surface area contributed by atoms with E-state index in [1.165, 1.54) is 33.4 Å². The van der Waals surface area contributed by atoms with Crippen LogP contribution in [0.2, 0.25) is 0 Å². The molecule has 0 aromatic heterocycles. The number of hydrogen-bond donors (Lipinski definition) is 0. The molecule has 21 aliphatic heterocycles. The van der Waals surface area contributed by atoms with Crippen molar-refractivity contribution in [1.82, 2.24) is 0 Å². The van der Waals surface area contributed by atoms with Gasteiger partial charge in [0.25, 0.3) is 0 Å². The first kappa shape index (κ1) is 40.0. The molecule has 0 N–H and O–H groups in total. The molecule has 0 saturated carbocycles. The third-order valence-electron chi connectivity index (χ3n) is 8.80. The molecule has 6 aromatic carbocycles. The Morgan fingerprint density at radius 2 is 0.375 bits per heavy atom. The average molecular weight is 955 g/mol. The molecule has 0 atom stereocenters. The maximum absolute atomic E-state index is 3.41. The summed E-state index contributed by atoms with van der Waals surface area (Å²) in [6.45, 7) is 0. The predicted octanol–water partition coefficient (Wildman–Crippen LogP) is 12.7. The first-order valence-electron chi connectivity index (χ1n) is 18.1. The molecular formula is C48H36As2S6. The average Bonchev–Trinajstić information content (AvgIpc) is 3.25. The zero-order valence-electron chi connectivity index (χ0n) is 30.4. The molecule has 0 unspecified atom stereocenters. The summed E-state index contributed by atoms with van der Waals surface area (Å²) in [5, 5.41) is 0. The predicted molar refractivity (Wildman–Crippen MR) is 256 cm³/mol. The first-order valence-corrected chi connectivity index (χ1v) is 37.6. The molecule has 0 aliphatic carbocycles. The summed E-state index contributed by atoms with van der Waals surface area (Å²) in [6.07, 6.45) is 0. The molecule has 0 fully saturated rings. The van der Waals surface area contributed by atoms with E-state index in [1.807, 2.05) is 0 Å². The summed E-state index contributed by atoms with van der Waals surface area (Å²) in [4.78, 5) is 0. The van der Waals surface area contributed by atoms with Gasteiger partial charge in [0.15, 0.2) is 0 Å². The van der Waals surface area contributed by atoms with Crippen LogP contribution in [0.25, 0.3) is 0 Å². The van der Waals surface area contributed by atoms with Crippen LogP contribution in [0.3, 0.4) is 0 Å². The van der Waals surface area contributed by atoms with Gasteiger partial charge in [-0.15, -0.1) is 0 Å². The van der Waals surface area contributed by atoms with Crippen LogP contribution < -0.4 is 0 Å². The van der Waals surface area contributed by atoms with E-state index in [1.54, 1.807) is 0 Å². The molecule has 0 radical (unpaired) electrons. The number of hydrogen-bond acceptors (Lipinski definition) is 6. The van der Waals surface area contributed by atoms with E-state index in [0.717, 1.165) is 67.9 Å². The first-order chi connectivity index (χ1) is 27.6. The summed E-state index contributed by atoms with van der Waals surface area (Å²) < 4.78 is 0. The van der Waals surface area contributed by atoms with Crippen LogP contribution in [0.15, 0.2) is 146 Å². The second kappa shape index (κ2) is 20.8. The van der Waals surface area contributed by atoms with Gasteiger partial charge in [0, 0.05) is 0 Å². The number of rotatable bonds is 0. The summed E-state index contributed by atoms with van der Waals surface area (Å²) in [6, 6.07) is 53.3. The Hall–Kier alpha value is -2.78. The molecule has 21 heterocycles. The molecule has 274 valence electrons. The van der Waals surface area contributed by atoms with Gasteiger partial charge in [-0.2, -0.15) is 0 Å². The van der Waals surface area contributed by atoms with E-state index in [9.17, 15) is 0 Å². The van der Waals surface area contributed by atoms with Crippen LogP contribution in [0.5, 0.6) is 0 Å². The van der Waals surface area contributed by atoms with Crippen LogP contribution in [0.1, 0.15) is 66.8 Å². The van der Waals surface area contributed by atoms with E-state index in [2.05, 4.69) is 241 Å². The van der Waals surface area contributed by atoms with E-state index < -0.39 is 22.4 Å². The van der Waals surface area contributed by atoms with Gasteiger partial charge in [0.2, 0.25) is 0 Å². The zero-order chi connectivity index (χ0) is 37.8. The Labute approximate surface area is 361 Å². The van der Waals surface area contributed by atoms with Crippen molar-refractivity contribution in [3.05, 3.63) is 212 Å². The summed E-state index contributed by atoms with van der Waals surface area (Å²) in [5.74, 6) is 26.5. The Morgan fingerprint density at radius 1 is 0.232 bits per heavy atom. The fourth-order valence-corrected chi connectivity index (χ4v) is 37.9. The van der Waals surface area contributed by atoms with Crippen molar-refractivity contribution in [3.63, 3.8) is 0 Å². The second-order valence-electron chi connectivity index (χ2n) is 13.0. The van der Waals surface area contributed by atoms with Crippen molar-refractivity contribution in [2.45, 2.75) is 34.5 Å². The molecule has 14 bridgehead atoms. The molecule has 6 aromatic rings. The quantitative estimate of drug-likeness (QED) is 0.109. The Bertz CT molecular complexity index is 1970. The number of benzene rings is 6. The van der Waals surface area contributed by atoms with Gasteiger partial charge in [0.05, 0.1) is 0 Å². The monoisotopic (exact) mass is 954 g/mol. The van der Waals surface area contributed by atoms with Crippen LogP contribution in [-0.4, -0.2) is 22.4 Å². The molecule has 8 heteroatoms. The minimum atomic E-state index is -1.38. The second-order valence-corrected chi connectivity index (χ2v) is 46.5. The van der Waals surface area contributed by atoms with E-state index in [4.69, 9.17) is 0 Å². The molecule has 0 spiro atoms. The molecule has 56 heavy (non-hydrogen) atoms. The fourth-order valence-electron chi connectivity index (χ4n) is 5.53. The molecule has 0 nitrogen and oxygen atoms in total. The van der Waals surface area contributed by atoms with E-state index >= 15 is 0 Å². The maximum atomic E-state index is 3.41. The van der Waals surface area contributed by atoms with Gasteiger partial charge in [-0.1, -0.05) is 0 Å². The fraction of sp³-hybridized carbons (Fsp3) is 0.125. The van der Waals surface area contributed by atoms with Crippen molar-refractivity contribution in [1.29, 1.82) is 0 Å². The van der Waals surface area contributed by atoms with Gasteiger partial charge in [-0.3, -0.25) is 0 Å². The van der Waals surface area contributed by atoms with E-state index in [0.29, 0.717) is 0 Å². The summed E-state index contributed by atoms with van der Waals surface area (Å²) in [7, 11) is 12.9. The Kier molecular flexibility index (Phi) is 14.8. The van der Waals surface area contributed by atoms with Crippen molar-refractivity contribution in [2.75, 3.05) is 0 Å². The van der Waals surface area contributed by atoms with E-state index in [-0.39, 0.29) is 0 Å². The van der Waals surface area contributed by atoms with Crippen LogP contribution in [0.4, 0.5) is 0 Å².